The predicted octanol–water partition coefficient (Wildman–Crippen LogP) is 3.68. The highest BCUT2D eigenvalue weighted by Crippen LogP contribution is 2.33. The van der Waals surface area contributed by atoms with Gasteiger partial charge in [0.05, 0.1) is 0 Å². The third-order valence-electron chi connectivity index (χ3n) is 3.21. The fraction of sp³-hybridized carbons (Fsp3) is 0.500. The summed E-state index contributed by atoms with van der Waals surface area (Å²) in [5, 5.41) is 2.97. The van der Waals surface area contributed by atoms with Crippen LogP contribution in [0.5, 0.6) is 0 Å². The highest BCUT2D eigenvalue weighted by Gasteiger charge is 2.20. The molecule has 0 aliphatic heterocycles. The lowest BCUT2D eigenvalue weighted by molar-refractivity contribution is 0.0952. The van der Waals surface area contributed by atoms with Crippen LogP contribution < -0.4 is 5.32 Å². The average molecular weight is 296 g/mol. The topological polar surface area (TPSA) is 29.1 Å². The fourth-order valence-electron chi connectivity index (χ4n) is 1.84. The van der Waals surface area contributed by atoms with Gasteiger partial charge in [0.25, 0.3) is 5.91 Å². The third kappa shape index (κ3) is 3.84. The second-order valence-corrected chi connectivity index (χ2v) is 5.66. The Morgan fingerprint density at radius 2 is 2.24 bits per heavy atom. The van der Waals surface area contributed by atoms with Gasteiger partial charge in [-0.15, -0.1) is 0 Å². The van der Waals surface area contributed by atoms with Crippen LogP contribution in [0.15, 0.2) is 22.7 Å². The van der Waals surface area contributed by atoms with Crippen molar-refractivity contribution < 1.29 is 4.79 Å². The van der Waals surface area contributed by atoms with Crippen molar-refractivity contribution in [3.05, 3.63) is 33.8 Å². The lowest BCUT2D eigenvalue weighted by Crippen LogP contribution is -2.24. The van der Waals surface area contributed by atoms with Gasteiger partial charge in [0.1, 0.15) is 0 Å². The molecule has 3 heteroatoms. The molecule has 0 bridgehead atoms. The van der Waals surface area contributed by atoms with Gasteiger partial charge in [-0.1, -0.05) is 34.8 Å². The monoisotopic (exact) mass is 295 g/mol. The first-order chi connectivity index (χ1) is 8.16. The molecule has 0 radical (unpaired) electrons. The van der Waals surface area contributed by atoms with Crippen LogP contribution in [0.1, 0.15) is 41.6 Å². The molecular formula is C14H18BrNO. The standard InChI is InChI=1S/C14H18BrNO/c1-10-4-7-12(9-13(10)15)14(17)16-8-2-3-11-5-6-11/h4,7,9,11H,2-3,5-6,8H2,1H3,(H,16,17). The Morgan fingerprint density at radius 3 is 2.88 bits per heavy atom. The first-order valence-electron chi connectivity index (χ1n) is 6.21. The number of halogens is 1. The lowest BCUT2D eigenvalue weighted by Gasteiger charge is -2.06. The molecule has 2 nitrogen and oxygen atoms in total. The van der Waals surface area contributed by atoms with Crippen LogP contribution >= 0.6 is 15.9 Å². The summed E-state index contributed by atoms with van der Waals surface area (Å²) < 4.78 is 0.989. The van der Waals surface area contributed by atoms with E-state index in [9.17, 15) is 4.79 Å². The van der Waals surface area contributed by atoms with Crippen LogP contribution in [0.3, 0.4) is 0 Å². The average Bonchev–Trinajstić information content (AvgIpc) is 3.12. The molecular weight excluding hydrogens is 278 g/mol. The Balaban J connectivity index is 1.79. The number of hydrogen-bond acceptors (Lipinski definition) is 1. The van der Waals surface area contributed by atoms with Gasteiger partial charge in [-0.05, 0) is 43.4 Å². The molecule has 1 aliphatic carbocycles. The zero-order chi connectivity index (χ0) is 12.3. The third-order valence-corrected chi connectivity index (χ3v) is 4.06. The minimum absolute atomic E-state index is 0.0292. The van der Waals surface area contributed by atoms with E-state index >= 15 is 0 Å². The quantitative estimate of drug-likeness (QED) is 0.825. The number of nitrogens with one attached hydrogen (secondary N) is 1. The Labute approximate surface area is 111 Å². The van der Waals surface area contributed by atoms with Crippen molar-refractivity contribution in [3.8, 4) is 0 Å². The molecule has 0 atom stereocenters. The fourth-order valence-corrected chi connectivity index (χ4v) is 2.21. The number of amides is 1. The molecule has 1 aliphatic rings. The van der Waals surface area contributed by atoms with Gasteiger partial charge in [0.2, 0.25) is 0 Å². The molecule has 1 aromatic carbocycles. The van der Waals surface area contributed by atoms with Gasteiger partial charge < -0.3 is 5.32 Å². The summed E-state index contributed by atoms with van der Waals surface area (Å²) in [4.78, 5) is 11.8. The normalized spacial score (nSPS) is 14.7. The van der Waals surface area contributed by atoms with Gasteiger partial charge in [-0.25, -0.2) is 0 Å². The van der Waals surface area contributed by atoms with Crippen molar-refractivity contribution in [1.82, 2.24) is 5.32 Å². The molecule has 0 saturated heterocycles. The number of benzene rings is 1. The zero-order valence-corrected chi connectivity index (χ0v) is 11.7. The highest BCUT2D eigenvalue weighted by molar-refractivity contribution is 9.10. The van der Waals surface area contributed by atoms with Crippen molar-refractivity contribution in [1.29, 1.82) is 0 Å². The first-order valence-corrected chi connectivity index (χ1v) is 7.00. The maximum atomic E-state index is 11.8. The molecule has 0 spiro atoms. The highest BCUT2D eigenvalue weighted by atomic mass is 79.9. The Bertz CT molecular complexity index is 413. The summed E-state index contributed by atoms with van der Waals surface area (Å²) in [7, 11) is 0. The van der Waals surface area contributed by atoms with Crippen LogP contribution in [0.2, 0.25) is 0 Å². The zero-order valence-electron chi connectivity index (χ0n) is 10.1. The summed E-state index contributed by atoms with van der Waals surface area (Å²) in [6, 6.07) is 5.71. The van der Waals surface area contributed by atoms with E-state index < -0.39 is 0 Å². The number of aryl methyl sites for hydroxylation is 1. The Morgan fingerprint density at radius 1 is 1.47 bits per heavy atom. The first kappa shape index (κ1) is 12.6. The molecule has 0 aromatic heterocycles. The van der Waals surface area contributed by atoms with Gasteiger partial charge in [0, 0.05) is 16.6 Å². The minimum atomic E-state index is 0.0292. The van der Waals surface area contributed by atoms with E-state index in [4.69, 9.17) is 0 Å². The molecule has 17 heavy (non-hydrogen) atoms. The predicted molar refractivity (Wildman–Crippen MR) is 73.2 cm³/mol. The molecule has 92 valence electrons. The SMILES string of the molecule is Cc1ccc(C(=O)NCCCC2CC2)cc1Br. The Hall–Kier alpha value is -0.830. The van der Waals surface area contributed by atoms with Crippen LogP contribution in [-0.4, -0.2) is 12.5 Å². The van der Waals surface area contributed by atoms with E-state index in [2.05, 4.69) is 21.2 Å². The molecule has 1 aromatic rings. The maximum absolute atomic E-state index is 11.8. The summed E-state index contributed by atoms with van der Waals surface area (Å²) in [5.74, 6) is 0.974. The second kappa shape index (κ2) is 5.67. The number of hydrogen-bond donors (Lipinski definition) is 1. The van der Waals surface area contributed by atoms with Crippen molar-refractivity contribution in [2.75, 3.05) is 6.54 Å². The van der Waals surface area contributed by atoms with Crippen molar-refractivity contribution in [3.63, 3.8) is 0 Å². The molecule has 1 saturated carbocycles. The number of carbonyl (C=O) groups excluding carboxylic acids is 1. The van der Waals surface area contributed by atoms with Crippen molar-refractivity contribution in [2.24, 2.45) is 5.92 Å². The molecule has 2 rings (SSSR count). The lowest BCUT2D eigenvalue weighted by atomic mass is 10.1. The summed E-state index contributed by atoms with van der Waals surface area (Å²) >= 11 is 3.44. The summed E-state index contributed by atoms with van der Waals surface area (Å²) in [6.45, 7) is 2.81. The van der Waals surface area contributed by atoms with Crippen molar-refractivity contribution >= 4 is 21.8 Å². The summed E-state index contributed by atoms with van der Waals surface area (Å²) in [6.07, 6.45) is 5.14. The van der Waals surface area contributed by atoms with E-state index in [0.717, 1.165) is 34.5 Å². The summed E-state index contributed by atoms with van der Waals surface area (Å²) in [5.41, 5.74) is 1.88. The van der Waals surface area contributed by atoms with Gasteiger partial charge in [0.15, 0.2) is 0 Å². The molecule has 0 unspecified atom stereocenters. The largest absolute Gasteiger partial charge is 0.352 e. The van der Waals surface area contributed by atoms with E-state index in [1.807, 2.05) is 25.1 Å². The van der Waals surface area contributed by atoms with Gasteiger partial charge in [-0.2, -0.15) is 0 Å². The van der Waals surface area contributed by atoms with E-state index in [-0.39, 0.29) is 5.91 Å². The van der Waals surface area contributed by atoms with Crippen LogP contribution in [0, 0.1) is 12.8 Å². The number of rotatable bonds is 5. The minimum Gasteiger partial charge on any atom is -0.352 e. The number of carbonyl (C=O) groups is 1. The molecule has 1 fully saturated rings. The van der Waals surface area contributed by atoms with Gasteiger partial charge >= 0.3 is 0 Å². The van der Waals surface area contributed by atoms with Crippen LogP contribution in [0.4, 0.5) is 0 Å². The van der Waals surface area contributed by atoms with E-state index in [0.29, 0.717) is 0 Å². The molecule has 1 amide bonds. The Kier molecular flexibility index (Phi) is 4.21. The van der Waals surface area contributed by atoms with Crippen molar-refractivity contribution in [2.45, 2.75) is 32.6 Å². The van der Waals surface area contributed by atoms with E-state index in [1.54, 1.807) is 0 Å². The second-order valence-electron chi connectivity index (χ2n) is 4.81. The van der Waals surface area contributed by atoms with Crippen LogP contribution in [0.25, 0.3) is 0 Å². The van der Waals surface area contributed by atoms with E-state index in [1.165, 1.54) is 19.3 Å². The smallest absolute Gasteiger partial charge is 0.251 e. The molecule has 1 N–H and O–H groups in total. The molecule has 0 heterocycles. The van der Waals surface area contributed by atoms with Gasteiger partial charge in [-0.3, -0.25) is 4.79 Å². The van der Waals surface area contributed by atoms with Crippen LogP contribution in [-0.2, 0) is 0 Å². The maximum Gasteiger partial charge on any atom is 0.251 e.